The molecule has 1 heterocycles. The molecule has 1 rings (SSSR count). The lowest BCUT2D eigenvalue weighted by Gasteiger charge is -2.15. The molecule has 0 atom stereocenters. The second-order valence-corrected chi connectivity index (χ2v) is 6.88. The first-order valence-electron chi connectivity index (χ1n) is 6.58. The van der Waals surface area contributed by atoms with Gasteiger partial charge in [0, 0.05) is 33.3 Å². The minimum atomic E-state index is -3.20. The summed E-state index contributed by atoms with van der Waals surface area (Å²) in [5.41, 5.74) is 0.986. The van der Waals surface area contributed by atoms with Crippen LogP contribution in [0.3, 0.4) is 0 Å². The summed E-state index contributed by atoms with van der Waals surface area (Å²) in [6, 6.07) is 0. The largest absolute Gasteiger partial charge is 0.373 e. The maximum absolute atomic E-state index is 11.7. The molecule has 114 valence electrons. The normalized spacial score (nSPS) is 11.7. The van der Waals surface area contributed by atoms with Crippen LogP contribution in [0.25, 0.3) is 0 Å². The van der Waals surface area contributed by atoms with Crippen LogP contribution < -0.4 is 10.6 Å². The zero-order valence-corrected chi connectivity index (χ0v) is 13.3. The summed E-state index contributed by atoms with van der Waals surface area (Å²) < 4.78 is 24.6. The van der Waals surface area contributed by atoms with Gasteiger partial charge in [-0.2, -0.15) is 0 Å². The van der Waals surface area contributed by atoms with Crippen molar-refractivity contribution in [2.75, 3.05) is 44.1 Å². The Hall–Kier alpha value is -1.41. The van der Waals surface area contributed by atoms with Gasteiger partial charge in [0.15, 0.2) is 0 Å². The van der Waals surface area contributed by atoms with E-state index in [0.29, 0.717) is 12.4 Å². The molecule has 2 N–H and O–H groups in total. The molecule has 0 amide bonds. The summed E-state index contributed by atoms with van der Waals surface area (Å²) in [5.74, 6) is 1.50. The van der Waals surface area contributed by atoms with Crippen molar-refractivity contribution in [3.05, 3.63) is 11.9 Å². The number of hydrogen-bond acceptors (Lipinski definition) is 6. The van der Waals surface area contributed by atoms with Crippen LogP contribution in [-0.2, 0) is 16.4 Å². The number of sulfonamides is 1. The molecule has 0 aromatic carbocycles. The average Bonchev–Trinajstić information content (AvgIpc) is 2.40. The third kappa shape index (κ3) is 4.31. The van der Waals surface area contributed by atoms with E-state index in [1.54, 1.807) is 0 Å². The van der Waals surface area contributed by atoms with Gasteiger partial charge in [-0.25, -0.2) is 22.7 Å². The van der Waals surface area contributed by atoms with Gasteiger partial charge in [0.25, 0.3) is 0 Å². The Kier molecular flexibility index (Phi) is 6.15. The number of aromatic nitrogens is 2. The van der Waals surface area contributed by atoms with Gasteiger partial charge in [0.2, 0.25) is 10.0 Å². The monoisotopic (exact) mass is 301 g/mol. The van der Waals surface area contributed by atoms with E-state index < -0.39 is 10.0 Å². The minimum Gasteiger partial charge on any atom is -0.373 e. The number of nitrogens with one attached hydrogen (secondary N) is 2. The van der Waals surface area contributed by atoms with E-state index in [4.69, 9.17) is 0 Å². The van der Waals surface area contributed by atoms with Gasteiger partial charge in [0.1, 0.15) is 18.0 Å². The van der Waals surface area contributed by atoms with E-state index in [1.165, 1.54) is 24.7 Å². The van der Waals surface area contributed by atoms with Gasteiger partial charge in [0.05, 0.1) is 5.75 Å². The predicted molar refractivity (Wildman–Crippen MR) is 81.5 cm³/mol. The average molecular weight is 301 g/mol. The highest BCUT2D eigenvalue weighted by molar-refractivity contribution is 7.89. The van der Waals surface area contributed by atoms with E-state index >= 15 is 0 Å². The molecule has 0 spiro atoms. The molecule has 20 heavy (non-hydrogen) atoms. The van der Waals surface area contributed by atoms with Crippen LogP contribution in [0.2, 0.25) is 0 Å². The predicted octanol–water partition coefficient (Wildman–Crippen LogP) is 0.774. The molecule has 0 unspecified atom stereocenters. The highest BCUT2D eigenvalue weighted by Crippen LogP contribution is 2.20. The van der Waals surface area contributed by atoms with E-state index in [-0.39, 0.29) is 5.75 Å². The molecule has 1 aromatic heterocycles. The van der Waals surface area contributed by atoms with Gasteiger partial charge < -0.3 is 10.6 Å². The molecule has 0 bridgehead atoms. The fraction of sp³-hybridized carbons (Fsp3) is 0.667. The second-order valence-electron chi connectivity index (χ2n) is 4.57. The molecule has 0 fully saturated rings. The van der Waals surface area contributed by atoms with Crippen molar-refractivity contribution in [3.63, 3.8) is 0 Å². The van der Waals surface area contributed by atoms with Crippen molar-refractivity contribution in [2.24, 2.45) is 0 Å². The topological polar surface area (TPSA) is 87.2 Å². The molecule has 0 radical (unpaired) electrons. The lowest BCUT2D eigenvalue weighted by molar-refractivity contribution is 0.521. The third-order valence-electron chi connectivity index (χ3n) is 2.89. The zero-order chi connectivity index (χ0) is 15.2. The fourth-order valence-electron chi connectivity index (χ4n) is 1.75. The zero-order valence-electron chi connectivity index (χ0n) is 12.5. The van der Waals surface area contributed by atoms with Gasteiger partial charge >= 0.3 is 0 Å². The van der Waals surface area contributed by atoms with Gasteiger partial charge in [-0.1, -0.05) is 13.3 Å². The molecule has 0 aliphatic rings. The van der Waals surface area contributed by atoms with Crippen LogP contribution in [0.5, 0.6) is 0 Å². The van der Waals surface area contributed by atoms with Gasteiger partial charge in [-0.15, -0.1) is 0 Å². The number of nitrogens with zero attached hydrogens (tertiary/aromatic N) is 3. The molecule has 0 saturated carbocycles. The Labute approximate surface area is 120 Å². The summed E-state index contributed by atoms with van der Waals surface area (Å²) in [5, 5.41) is 6.11. The SMILES string of the molecule is CCCc1c(NC)ncnc1NCCS(=O)(=O)N(C)C. The lowest BCUT2D eigenvalue weighted by atomic mass is 10.1. The summed E-state index contributed by atoms with van der Waals surface area (Å²) in [6.07, 6.45) is 3.26. The second kappa shape index (κ2) is 7.39. The molecule has 0 saturated heterocycles. The molecular weight excluding hydrogens is 278 g/mol. The number of anilines is 2. The fourth-order valence-corrected chi connectivity index (χ4v) is 2.47. The van der Waals surface area contributed by atoms with Crippen LogP contribution in [0.4, 0.5) is 11.6 Å². The summed E-state index contributed by atoms with van der Waals surface area (Å²) >= 11 is 0. The van der Waals surface area contributed by atoms with E-state index in [2.05, 4.69) is 27.5 Å². The molecule has 7 nitrogen and oxygen atoms in total. The standard InChI is InChI=1S/C12H23N5O2S/c1-5-6-10-11(13-2)15-9-16-12(10)14-7-8-20(18,19)17(3)4/h9H,5-8H2,1-4H3,(H2,13,14,15,16). The van der Waals surface area contributed by atoms with Crippen molar-refractivity contribution in [2.45, 2.75) is 19.8 Å². The Morgan fingerprint density at radius 3 is 2.45 bits per heavy atom. The first-order valence-corrected chi connectivity index (χ1v) is 8.19. The third-order valence-corrected chi connectivity index (χ3v) is 4.72. The Bertz CT molecular complexity index is 531. The molecule has 8 heteroatoms. The van der Waals surface area contributed by atoms with Crippen molar-refractivity contribution in [1.82, 2.24) is 14.3 Å². The lowest BCUT2D eigenvalue weighted by Crippen LogP contribution is -2.28. The van der Waals surface area contributed by atoms with Gasteiger partial charge in [-0.3, -0.25) is 0 Å². The van der Waals surface area contributed by atoms with Crippen molar-refractivity contribution < 1.29 is 8.42 Å². The highest BCUT2D eigenvalue weighted by Gasteiger charge is 2.14. The molecule has 1 aromatic rings. The van der Waals surface area contributed by atoms with E-state index in [9.17, 15) is 8.42 Å². The number of hydrogen-bond donors (Lipinski definition) is 2. The van der Waals surface area contributed by atoms with E-state index in [0.717, 1.165) is 24.2 Å². The van der Waals surface area contributed by atoms with Gasteiger partial charge in [-0.05, 0) is 6.42 Å². The van der Waals surface area contributed by atoms with Crippen LogP contribution >= 0.6 is 0 Å². The van der Waals surface area contributed by atoms with Crippen LogP contribution in [0.15, 0.2) is 6.33 Å². The van der Waals surface area contributed by atoms with Crippen LogP contribution in [0.1, 0.15) is 18.9 Å². The first-order chi connectivity index (χ1) is 9.42. The van der Waals surface area contributed by atoms with Crippen molar-refractivity contribution >= 4 is 21.7 Å². The molecule has 0 aliphatic carbocycles. The smallest absolute Gasteiger partial charge is 0.215 e. The summed E-state index contributed by atoms with van der Waals surface area (Å²) in [4.78, 5) is 8.37. The minimum absolute atomic E-state index is 0.0322. The molecule has 0 aliphatic heterocycles. The maximum Gasteiger partial charge on any atom is 0.215 e. The number of rotatable bonds is 8. The first kappa shape index (κ1) is 16.6. The van der Waals surface area contributed by atoms with Crippen LogP contribution in [-0.4, -0.2) is 56.1 Å². The maximum atomic E-state index is 11.7. The Morgan fingerprint density at radius 2 is 1.90 bits per heavy atom. The summed E-state index contributed by atoms with van der Waals surface area (Å²) in [6.45, 7) is 2.39. The highest BCUT2D eigenvalue weighted by atomic mass is 32.2. The van der Waals surface area contributed by atoms with Crippen molar-refractivity contribution in [1.29, 1.82) is 0 Å². The quantitative estimate of drug-likeness (QED) is 0.737. The van der Waals surface area contributed by atoms with E-state index in [1.807, 2.05) is 7.05 Å². The van der Waals surface area contributed by atoms with Crippen LogP contribution in [0, 0.1) is 0 Å². The Balaban J connectivity index is 2.78. The summed E-state index contributed by atoms with van der Waals surface area (Å²) in [7, 11) is 1.67. The molecular formula is C12H23N5O2S. The Morgan fingerprint density at radius 1 is 1.25 bits per heavy atom. The van der Waals surface area contributed by atoms with Crippen molar-refractivity contribution in [3.8, 4) is 0 Å².